The van der Waals surface area contributed by atoms with E-state index in [0.29, 0.717) is 43.2 Å². The van der Waals surface area contributed by atoms with Gasteiger partial charge in [0, 0.05) is 18.2 Å². The van der Waals surface area contributed by atoms with Crippen LogP contribution in [-0.4, -0.2) is 32.4 Å². The van der Waals surface area contributed by atoms with Crippen LogP contribution in [0.2, 0.25) is 0 Å². The third-order valence-corrected chi connectivity index (χ3v) is 6.58. The zero-order valence-electron chi connectivity index (χ0n) is 30.1. The minimum absolute atomic E-state index is 0. The van der Waals surface area contributed by atoms with E-state index in [2.05, 4.69) is 5.32 Å². The van der Waals surface area contributed by atoms with Crippen LogP contribution in [0, 0.1) is 12.8 Å². The van der Waals surface area contributed by atoms with E-state index in [1.807, 2.05) is 62.3 Å². The van der Waals surface area contributed by atoms with Crippen molar-refractivity contribution < 1.29 is 33.1 Å². The molecule has 3 aromatic rings. The maximum atomic E-state index is 11.6. The minimum Gasteiger partial charge on any atom is -0.489 e. The van der Waals surface area contributed by atoms with Crippen LogP contribution >= 0.6 is 12.4 Å². The molecule has 0 saturated heterocycles. The molecule has 0 fully saturated rings. The number of nitrogens with two attached hydrogens (primary N) is 1. The Bertz CT molecular complexity index is 1570. The van der Waals surface area contributed by atoms with Crippen molar-refractivity contribution in [2.24, 2.45) is 11.1 Å². The monoisotopic (exact) mass is 662 g/mol. The summed E-state index contributed by atoms with van der Waals surface area (Å²) in [5.41, 5.74) is 4.14. The topological polar surface area (TPSA) is 168 Å². The summed E-state index contributed by atoms with van der Waals surface area (Å²) in [5.74, 6) is 0.411. The molecular weight excluding hydrogens is 611 g/mol. The molecule has 0 bridgehead atoms. The van der Waals surface area contributed by atoms with Crippen molar-refractivity contribution in [3.8, 4) is 17.2 Å². The van der Waals surface area contributed by atoms with Gasteiger partial charge < -0.3 is 32.7 Å². The molecule has 0 saturated carbocycles. The molecule has 13 heteroatoms. The number of nitrogens with one attached hydrogen (secondary N) is 1. The van der Waals surface area contributed by atoms with Crippen molar-refractivity contribution in [2.75, 3.05) is 31.7 Å². The van der Waals surface area contributed by atoms with Gasteiger partial charge in [0.25, 0.3) is 16.3 Å². The molecule has 0 aliphatic carbocycles. The molecule has 3 N–H and O–H groups in total. The van der Waals surface area contributed by atoms with E-state index < -0.39 is 27.1 Å². The van der Waals surface area contributed by atoms with Gasteiger partial charge in [-0.25, -0.2) is 0 Å². The number of halogens is 1. The number of anilines is 1. The summed E-state index contributed by atoms with van der Waals surface area (Å²) in [6, 6.07) is -0.0743. The molecule has 3 rings (SSSR count). The maximum absolute atomic E-state index is 11.6. The Morgan fingerprint density at radius 1 is 0.587 bits per heavy atom. The van der Waals surface area contributed by atoms with Gasteiger partial charge in [-0.05, 0) is 37.0 Å². The van der Waals surface area contributed by atoms with Crippen molar-refractivity contribution in [2.45, 2.75) is 100.0 Å². The Morgan fingerprint density at radius 3 is 1.24 bits per heavy atom. The third-order valence-electron chi connectivity index (χ3n) is 6.58. The second-order valence-electron chi connectivity index (χ2n) is 13.2. The zero-order valence-corrected chi connectivity index (χ0v) is 30.9. The van der Waals surface area contributed by atoms with Gasteiger partial charge in [0.1, 0.15) is 0 Å². The molecular formula is C33H52ClLiN2O9. The molecule has 0 heterocycles. The Morgan fingerprint density at radius 2 is 0.913 bits per heavy atom. The fourth-order valence-electron chi connectivity index (χ4n) is 4.03. The molecule has 11 nitrogen and oxygen atoms in total. The summed E-state index contributed by atoms with van der Waals surface area (Å²) in [4.78, 5) is 67.1. The predicted octanol–water partition coefficient (Wildman–Crippen LogP) is 0.300. The third kappa shape index (κ3) is 11.2. The largest absolute Gasteiger partial charge is 1.00 e. The van der Waals surface area contributed by atoms with E-state index >= 15 is 0 Å². The second-order valence-corrected chi connectivity index (χ2v) is 13.2. The van der Waals surface area contributed by atoms with Crippen molar-refractivity contribution in [1.82, 2.24) is 0 Å². The Kier molecular flexibility index (Phi) is 19.3. The molecule has 0 amide bonds. The van der Waals surface area contributed by atoms with Crippen LogP contribution in [0.25, 0.3) is 0 Å². The van der Waals surface area contributed by atoms with Crippen LogP contribution in [0.1, 0.15) is 94.2 Å². The molecule has 0 unspecified atom stereocenters. The van der Waals surface area contributed by atoms with Gasteiger partial charge >= 0.3 is 18.9 Å². The van der Waals surface area contributed by atoms with Gasteiger partial charge in [-0.2, -0.15) is 0 Å². The van der Waals surface area contributed by atoms with Gasteiger partial charge in [-0.3, -0.25) is 28.8 Å². The normalized spacial score (nSPS) is 11.8. The van der Waals surface area contributed by atoms with E-state index in [9.17, 15) is 28.8 Å². The first-order valence-electron chi connectivity index (χ1n) is 14.5. The van der Waals surface area contributed by atoms with Crippen LogP contribution in [0.4, 0.5) is 5.69 Å². The standard InChI is InChI=1S/C14H24N2O2.C10H14O3.C8H10O4.CH3.ClH.Li/c1-13(2,3)8(15)7-16-10-9(14(4,5)6)11(17)12(10)18;1-5-13-9-6(10(2,3)4)7(11)8(9)12;1-3-11-7-5(9)6(10)8(7)12-4-2;;;/h8,16H,7,15H2,1-6H3;5H2,1-4H3;3-4H2,1-2H3;1H3;1H;/q;;;-1;;+1/t8-;;;;;/m1...../s1. The van der Waals surface area contributed by atoms with E-state index in [-0.39, 0.29) is 83.7 Å². The first kappa shape index (κ1) is 47.7. The first-order chi connectivity index (χ1) is 19.6. The fraction of sp³-hybridized carbons (Fsp3) is 0.606. The number of hydrogen-bond acceptors (Lipinski definition) is 11. The SMILES string of the molecule is CC(C)(C)c1c(NC[C@@H](N)C(C)(C)C)c(=O)c1=O.CCOc1c(C(C)(C)C)c(=O)c1=O.CCOc1c(OCC)c(=O)c1=O.Cl.[CH3-].[Li+]. The van der Waals surface area contributed by atoms with E-state index in [1.165, 1.54) is 0 Å². The quantitative estimate of drug-likeness (QED) is 0.184. The van der Waals surface area contributed by atoms with Crippen LogP contribution in [0.15, 0.2) is 28.8 Å². The zero-order chi connectivity index (χ0) is 33.7. The van der Waals surface area contributed by atoms with Crippen molar-refractivity contribution in [3.05, 3.63) is 79.9 Å². The number of rotatable bonds is 9. The summed E-state index contributed by atoms with van der Waals surface area (Å²) < 4.78 is 14.9. The van der Waals surface area contributed by atoms with Gasteiger partial charge in [-0.1, -0.05) is 62.3 Å². The summed E-state index contributed by atoms with van der Waals surface area (Å²) in [5, 5.41) is 3.05. The Labute approximate surface area is 290 Å². The maximum Gasteiger partial charge on any atom is 1.00 e. The molecule has 256 valence electrons. The Hall–Kier alpha value is -2.71. The predicted molar refractivity (Wildman–Crippen MR) is 185 cm³/mol. The van der Waals surface area contributed by atoms with E-state index in [0.717, 1.165) is 0 Å². The van der Waals surface area contributed by atoms with Crippen LogP contribution in [0.5, 0.6) is 17.2 Å². The van der Waals surface area contributed by atoms with E-state index in [4.69, 9.17) is 19.9 Å². The minimum atomic E-state index is -0.583. The number of ether oxygens (including phenoxy) is 3. The van der Waals surface area contributed by atoms with Crippen molar-refractivity contribution >= 4 is 18.1 Å². The molecule has 0 radical (unpaired) electrons. The van der Waals surface area contributed by atoms with Crippen LogP contribution in [0.3, 0.4) is 0 Å². The fourth-order valence-corrected chi connectivity index (χ4v) is 4.03. The average molecular weight is 663 g/mol. The van der Waals surface area contributed by atoms with Crippen molar-refractivity contribution in [3.63, 3.8) is 0 Å². The molecule has 3 aromatic carbocycles. The second kappa shape index (κ2) is 18.6. The summed E-state index contributed by atoms with van der Waals surface area (Å²) in [6.07, 6.45) is 0. The molecule has 1 atom stereocenters. The molecule has 0 aliphatic heterocycles. The van der Waals surface area contributed by atoms with E-state index in [1.54, 1.807) is 20.8 Å². The van der Waals surface area contributed by atoms with Gasteiger partial charge in [0.05, 0.1) is 31.1 Å². The van der Waals surface area contributed by atoms with Crippen molar-refractivity contribution in [1.29, 1.82) is 0 Å². The van der Waals surface area contributed by atoms with Crippen LogP contribution in [-0.2, 0) is 10.8 Å². The van der Waals surface area contributed by atoms with Gasteiger partial charge in [0.2, 0.25) is 27.8 Å². The molecule has 46 heavy (non-hydrogen) atoms. The van der Waals surface area contributed by atoms with Gasteiger partial charge in [0.15, 0.2) is 5.75 Å². The molecule has 0 spiro atoms. The number of hydrogen-bond donors (Lipinski definition) is 2. The average Bonchev–Trinajstić information content (AvgIpc) is 2.90. The smallest absolute Gasteiger partial charge is 0.489 e. The first-order valence-corrected chi connectivity index (χ1v) is 14.5. The Balaban J connectivity index is -0.000000598. The van der Waals surface area contributed by atoms with Crippen LogP contribution < -0.4 is 76.7 Å². The summed E-state index contributed by atoms with van der Waals surface area (Å²) >= 11 is 0. The van der Waals surface area contributed by atoms with Gasteiger partial charge in [-0.15, -0.1) is 12.4 Å². The molecule has 0 aliphatic rings. The summed E-state index contributed by atoms with van der Waals surface area (Å²) in [6.45, 7) is 24.5. The molecule has 0 aromatic heterocycles. The summed E-state index contributed by atoms with van der Waals surface area (Å²) in [7, 11) is 0.